The minimum Gasteiger partial charge on any atom is -0.469 e. The van der Waals surface area contributed by atoms with Gasteiger partial charge in [0.2, 0.25) is 5.91 Å². The summed E-state index contributed by atoms with van der Waals surface area (Å²) in [6.07, 6.45) is 5.28. The van der Waals surface area contributed by atoms with E-state index in [9.17, 15) is 14.4 Å². The summed E-state index contributed by atoms with van der Waals surface area (Å²) in [5.41, 5.74) is 0.224. The Labute approximate surface area is 197 Å². The van der Waals surface area contributed by atoms with Gasteiger partial charge in [0.1, 0.15) is 17.0 Å². The number of amides is 3. The lowest BCUT2D eigenvalue weighted by Gasteiger charge is -2.44. The predicted molar refractivity (Wildman–Crippen MR) is 123 cm³/mol. The molecule has 34 heavy (non-hydrogen) atoms. The summed E-state index contributed by atoms with van der Waals surface area (Å²) < 4.78 is 6.91. The first kappa shape index (κ1) is 21.9. The fraction of sp³-hybridized carbons (Fsp3) is 0.360. The summed E-state index contributed by atoms with van der Waals surface area (Å²) in [5.74, 6) is -0.206. The number of fused-ring (bicyclic) bond motifs is 1. The van der Waals surface area contributed by atoms with Crippen LogP contribution in [-0.2, 0) is 24.3 Å². The average molecular weight is 462 g/mol. The quantitative estimate of drug-likeness (QED) is 0.534. The van der Waals surface area contributed by atoms with Gasteiger partial charge in [-0.3, -0.25) is 14.4 Å². The first-order chi connectivity index (χ1) is 16.5. The second kappa shape index (κ2) is 8.81. The molecule has 176 valence electrons. The van der Waals surface area contributed by atoms with Crippen molar-refractivity contribution in [2.45, 2.75) is 50.9 Å². The summed E-state index contributed by atoms with van der Waals surface area (Å²) in [4.78, 5) is 45.7. The number of rotatable bonds is 8. The SMILES string of the molecule is C[C@]1(C(=O)NCc2ccccc2)Cn2cnc(C(=O)NCCc3ccco3)c2C(=O)N1C1CC1. The van der Waals surface area contributed by atoms with Crippen molar-refractivity contribution in [2.75, 3.05) is 6.54 Å². The zero-order chi connectivity index (χ0) is 23.7. The Hall–Kier alpha value is -3.88. The van der Waals surface area contributed by atoms with Crippen molar-refractivity contribution in [3.63, 3.8) is 0 Å². The van der Waals surface area contributed by atoms with Crippen molar-refractivity contribution in [1.29, 1.82) is 0 Å². The van der Waals surface area contributed by atoms with Crippen LogP contribution in [0.3, 0.4) is 0 Å². The van der Waals surface area contributed by atoms with Gasteiger partial charge < -0.3 is 24.5 Å². The minimum absolute atomic E-state index is 0.0153. The normalized spacial score (nSPS) is 19.6. The van der Waals surface area contributed by atoms with Gasteiger partial charge in [0.15, 0.2) is 5.69 Å². The molecule has 0 saturated heterocycles. The van der Waals surface area contributed by atoms with E-state index in [0.717, 1.165) is 24.2 Å². The molecule has 1 aliphatic heterocycles. The molecule has 5 rings (SSSR count). The van der Waals surface area contributed by atoms with E-state index in [0.29, 0.717) is 19.5 Å². The van der Waals surface area contributed by atoms with Crippen LogP contribution in [0.4, 0.5) is 0 Å². The van der Waals surface area contributed by atoms with Crippen LogP contribution in [0.1, 0.15) is 52.1 Å². The molecule has 1 atom stereocenters. The Morgan fingerprint density at radius 3 is 2.65 bits per heavy atom. The Balaban J connectivity index is 1.34. The number of hydrogen-bond acceptors (Lipinski definition) is 5. The monoisotopic (exact) mass is 461 g/mol. The summed E-state index contributed by atoms with van der Waals surface area (Å²) >= 11 is 0. The molecule has 2 aliphatic rings. The number of nitrogens with zero attached hydrogens (tertiary/aromatic N) is 3. The second-order valence-electron chi connectivity index (χ2n) is 9.00. The molecule has 3 amide bonds. The van der Waals surface area contributed by atoms with E-state index in [2.05, 4.69) is 15.6 Å². The van der Waals surface area contributed by atoms with E-state index < -0.39 is 11.4 Å². The molecule has 3 aromatic rings. The van der Waals surface area contributed by atoms with Crippen molar-refractivity contribution in [1.82, 2.24) is 25.1 Å². The number of furan rings is 1. The zero-order valence-electron chi connectivity index (χ0n) is 19.0. The highest BCUT2D eigenvalue weighted by molar-refractivity contribution is 6.07. The van der Waals surface area contributed by atoms with Crippen LogP contribution in [0.15, 0.2) is 59.5 Å². The van der Waals surface area contributed by atoms with Gasteiger partial charge in [-0.25, -0.2) is 4.98 Å². The fourth-order valence-corrected chi connectivity index (χ4v) is 4.53. The van der Waals surface area contributed by atoms with E-state index in [1.165, 1.54) is 6.33 Å². The van der Waals surface area contributed by atoms with Gasteiger partial charge in [-0.15, -0.1) is 0 Å². The first-order valence-corrected chi connectivity index (χ1v) is 11.5. The maximum Gasteiger partial charge on any atom is 0.274 e. The molecule has 9 heteroatoms. The van der Waals surface area contributed by atoms with Gasteiger partial charge in [-0.2, -0.15) is 0 Å². The molecular formula is C25H27N5O4. The molecule has 1 fully saturated rings. The standard InChI is InChI=1S/C25H27N5O4/c1-25(24(33)27-14-17-6-3-2-4-7-17)15-29-16-28-20(21(29)23(32)30(25)18-9-10-18)22(31)26-12-11-19-8-5-13-34-19/h2-8,13,16,18H,9-12,14-15H2,1H3,(H,26,31)(H,27,33)/t25-/m1/s1. The van der Waals surface area contributed by atoms with Crippen LogP contribution < -0.4 is 10.6 Å². The highest BCUT2D eigenvalue weighted by Crippen LogP contribution is 2.38. The highest BCUT2D eigenvalue weighted by Gasteiger charge is 2.53. The number of nitrogens with one attached hydrogen (secondary N) is 2. The van der Waals surface area contributed by atoms with Crippen molar-refractivity contribution >= 4 is 17.7 Å². The molecule has 3 heterocycles. The number of benzene rings is 1. The van der Waals surface area contributed by atoms with Crippen LogP contribution in [0.2, 0.25) is 0 Å². The third kappa shape index (κ3) is 4.09. The Bertz CT molecular complexity index is 1200. The van der Waals surface area contributed by atoms with Gasteiger partial charge >= 0.3 is 0 Å². The van der Waals surface area contributed by atoms with E-state index >= 15 is 0 Å². The van der Waals surface area contributed by atoms with Crippen LogP contribution >= 0.6 is 0 Å². The summed E-state index contributed by atoms with van der Waals surface area (Å²) in [6, 6.07) is 13.3. The van der Waals surface area contributed by atoms with E-state index in [-0.39, 0.29) is 35.8 Å². The Morgan fingerprint density at radius 1 is 1.15 bits per heavy atom. The smallest absolute Gasteiger partial charge is 0.274 e. The minimum atomic E-state index is -1.08. The number of carbonyl (C=O) groups is 3. The molecule has 9 nitrogen and oxygen atoms in total. The van der Waals surface area contributed by atoms with Crippen LogP contribution in [0.25, 0.3) is 0 Å². The third-order valence-electron chi connectivity index (χ3n) is 6.42. The van der Waals surface area contributed by atoms with Gasteiger partial charge in [0.25, 0.3) is 11.8 Å². The van der Waals surface area contributed by atoms with Gasteiger partial charge in [-0.05, 0) is 37.5 Å². The van der Waals surface area contributed by atoms with Crippen molar-refractivity contribution in [3.05, 3.63) is 77.8 Å². The zero-order valence-corrected chi connectivity index (χ0v) is 19.0. The fourth-order valence-electron chi connectivity index (χ4n) is 4.53. The Kier molecular flexibility index (Phi) is 5.69. The highest BCUT2D eigenvalue weighted by atomic mass is 16.3. The van der Waals surface area contributed by atoms with Gasteiger partial charge in [-0.1, -0.05) is 30.3 Å². The second-order valence-corrected chi connectivity index (χ2v) is 9.00. The number of carbonyl (C=O) groups excluding carboxylic acids is 3. The molecule has 0 bridgehead atoms. The van der Waals surface area contributed by atoms with E-state index in [1.807, 2.05) is 36.4 Å². The number of imidazole rings is 1. The molecule has 0 unspecified atom stereocenters. The molecule has 2 N–H and O–H groups in total. The van der Waals surface area contributed by atoms with Crippen molar-refractivity contribution in [2.24, 2.45) is 0 Å². The summed E-state index contributed by atoms with van der Waals surface area (Å²) in [6.45, 7) is 2.76. The van der Waals surface area contributed by atoms with E-state index in [4.69, 9.17) is 4.42 Å². The lowest BCUT2D eigenvalue weighted by atomic mass is 9.93. The molecule has 1 aromatic carbocycles. The lowest BCUT2D eigenvalue weighted by molar-refractivity contribution is -0.133. The molecular weight excluding hydrogens is 434 g/mol. The van der Waals surface area contributed by atoms with Crippen LogP contribution in [0.5, 0.6) is 0 Å². The van der Waals surface area contributed by atoms with Gasteiger partial charge in [0.05, 0.1) is 19.1 Å². The Morgan fingerprint density at radius 2 is 1.94 bits per heavy atom. The molecule has 1 aliphatic carbocycles. The van der Waals surface area contributed by atoms with Crippen LogP contribution in [0, 0.1) is 0 Å². The van der Waals surface area contributed by atoms with Crippen molar-refractivity contribution in [3.8, 4) is 0 Å². The largest absolute Gasteiger partial charge is 0.469 e. The lowest BCUT2D eigenvalue weighted by Crippen LogP contribution is -2.64. The van der Waals surface area contributed by atoms with Crippen molar-refractivity contribution < 1.29 is 18.8 Å². The van der Waals surface area contributed by atoms with Gasteiger partial charge in [0, 0.05) is 25.6 Å². The molecule has 1 saturated carbocycles. The summed E-state index contributed by atoms with van der Waals surface area (Å²) in [5, 5.41) is 5.80. The maximum atomic E-state index is 13.6. The average Bonchev–Trinajstić information content (AvgIpc) is 3.34. The van der Waals surface area contributed by atoms with E-state index in [1.54, 1.807) is 28.7 Å². The first-order valence-electron chi connectivity index (χ1n) is 11.5. The predicted octanol–water partition coefficient (Wildman–Crippen LogP) is 2.14. The molecule has 2 aromatic heterocycles. The maximum absolute atomic E-state index is 13.6. The third-order valence-corrected chi connectivity index (χ3v) is 6.42. The van der Waals surface area contributed by atoms with Crippen LogP contribution in [-0.4, -0.2) is 50.3 Å². The topological polar surface area (TPSA) is 109 Å². The number of hydrogen-bond donors (Lipinski definition) is 2. The summed E-state index contributed by atoms with van der Waals surface area (Å²) in [7, 11) is 0. The number of aromatic nitrogens is 2. The molecule has 0 spiro atoms. The molecule has 0 radical (unpaired) electrons.